The Hall–Kier alpha value is -4.46. The molecule has 3 aromatic rings. The number of likely N-dealkylation sites (tertiary alicyclic amines) is 1. The van der Waals surface area contributed by atoms with Gasteiger partial charge in [-0.05, 0) is 67.4 Å². The number of Topliss-reactive ketones (excluding diaryl/α,β-unsaturated/α-hetero) is 1. The van der Waals surface area contributed by atoms with Crippen molar-refractivity contribution in [3.63, 3.8) is 0 Å². The number of ketones is 1. The number of carbonyl (C=O) groups excluding carboxylic acids is 2. The van der Waals surface area contributed by atoms with Gasteiger partial charge in [0, 0.05) is 12.1 Å². The number of rotatable bonds is 7. The third-order valence-electron chi connectivity index (χ3n) is 6.24. The minimum absolute atomic E-state index is 0.00289. The molecule has 1 atom stereocenters. The third-order valence-corrected chi connectivity index (χ3v) is 6.24. The molecular formula is C29H27NO7. The maximum absolute atomic E-state index is 13.4. The van der Waals surface area contributed by atoms with Gasteiger partial charge >= 0.3 is 0 Å². The van der Waals surface area contributed by atoms with Gasteiger partial charge in [0.2, 0.25) is 6.79 Å². The number of carbonyl (C=O) groups is 2. The van der Waals surface area contributed by atoms with Crippen LogP contribution < -0.4 is 18.9 Å². The zero-order valence-electron chi connectivity index (χ0n) is 20.8. The van der Waals surface area contributed by atoms with Gasteiger partial charge in [-0.25, -0.2) is 0 Å². The van der Waals surface area contributed by atoms with Gasteiger partial charge in [0.05, 0.1) is 24.8 Å². The smallest absolute Gasteiger partial charge is 0.295 e. The summed E-state index contributed by atoms with van der Waals surface area (Å²) in [5.74, 6) is 0.550. The van der Waals surface area contributed by atoms with Crippen LogP contribution in [0.4, 0.5) is 0 Å². The molecule has 190 valence electrons. The summed E-state index contributed by atoms with van der Waals surface area (Å²) in [6, 6.07) is 18.6. The van der Waals surface area contributed by atoms with Gasteiger partial charge in [-0.3, -0.25) is 9.59 Å². The van der Waals surface area contributed by atoms with Gasteiger partial charge in [-0.2, -0.15) is 0 Å². The van der Waals surface area contributed by atoms with Crippen LogP contribution >= 0.6 is 0 Å². The fourth-order valence-electron chi connectivity index (χ4n) is 4.54. The van der Waals surface area contributed by atoms with E-state index in [-0.39, 0.29) is 30.8 Å². The van der Waals surface area contributed by atoms with Crippen molar-refractivity contribution in [3.8, 4) is 23.0 Å². The lowest BCUT2D eigenvalue weighted by molar-refractivity contribution is -0.140. The topological polar surface area (TPSA) is 94.5 Å². The van der Waals surface area contributed by atoms with Crippen LogP contribution in [0, 0.1) is 0 Å². The van der Waals surface area contributed by atoms with Gasteiger partial charge in [-0.1, -0.05) is 24.3 Å². The second kappa shape index (κ2) is 9.89. The second-order valence-electron chi connectivity index (χ2n) is 9.08. The number of hydrogen-bond acceptors (Lipinski definition) is 7. The van der Waals surface area contributed by atoms with E-state index >= 15 is 0 Å². The second-order valence-corrected chi connectivity index (χ2v) is 9.08. The first kappa shape index (κ1) is 24.2. The van der Waals surface area contributed by atoms with Crippen molar-refractivity contribution in [2.24, 2.45) is 0 Å². The van der Waals surface area contributed by atoms with Crippen molar-refractivity contribution in [2.45, 2.75) is 32.5 Å². The number of amides is 1. The molecule has 1 saturated heterocycles. The van der Waals surface area contributed by atoms with E-state index in [4.69, 9.17) is 18.9 Å². The lowest BCUT2D eigenvalue weighted by atomic mass is 9.95. The first-order valence-electron chi connectivity index (χ1n) is 11.9. The van der Waals surface area contributed by atoms with E-state index in [1.54, 1.807) is 49.6 Å². The number of aliphatic hydroxyl groups excluding tert-OH is 1. The van der Waals surface area contributed by atoms with E-state index in [0.29, 0.717) is 34.1 Å². The maximum atomic E-state index is 13.4. The molecule has 3 aromatic carbocycles. The summed E-state index contributed by atoms with van der Waals surface area (Å²) in [5, 5.41) is 11.3. The number of fused-ring (bicyclic) bond motifs is 1. The van der Waals surface area contributed by atoms with Gasteiger partial charge < -0.3 is 29.0 Å². The highest BCUT2D eigenvalue weighted by Gasteiger charge is 2.46. The summed E-state index contributed by atoms with van der Waals surface area (Å²) in [6.07, 6.45) is 0.0351. The summed E-state index contributed by atoms with van der Waals surface area (Å²) in [4.78, 5) is 28.1. The van der Waals surface area contributed by atoms with Crippen molar-refractivity contribution in [3.05, 3.63) is 89.0 Å². The molecule has 0 saturated carbocycles. The first-order chi connectivity index (χ1) is 17.9. The lowest BCUT2D eigenvalue weighted by Crippen LogP contribution is -2.29. The zero-order valence-corrected chi connectivity index (χ0v) is 20.8. The third kappa shape index (κ3) is 4.70. The Morgan fingerprint density at radius 2 is 1.76 bits per heavy atom. The van der Waals surface area contributed by atoms with Crippen LogP contribution in [0.3, 0.4) is 0 Å². The molecule has 5 rings (SSSR count). The van der Waals surface area contributed by atoms with Gasteiger partial charge in [0.25, 0.3) is 11.7 Å². The normalized spacial score (nSPS) is 17.9. The summed E-state index contributed by atoms with van der Waals surface area (Å²) in [6.45, 7) is 4.13. The Morgan fingerprint density at radius 1 is 1.00 bits per heavy atom. The van der Waals surface area contributed by atoms with E-state index in [9.17, 15) is 14.7 Å². The fourth-order valence-corrected chi connectivity index (χ4v) is 4.54. The monoisotopic (exact) mass is 501 g/mol. The molecular weight excluding hydrogens is 474 g/mol. The van der Waals surface area contributed by atoms with E-state index < -0.39 is 17.7 Å². The quantitative estimate of drug-likeness (QED) is 0.281. The molecule has 1 amide bonds. The van der Waals surface area contributed by atoms with Crippen LogP contribution in [-0.2, 0) is 16.1 Å². The molecule has 0 bridgehead atoms. The molecule has 8 nitrogen and oxygen atoms in total. The highest BCUT2D eigenvalue weighted by atomic mass is 16.7. The highest BCUT2D eigenvalue weighted by Crippen LogP contribution is 2.42. The molecule has 2 aliphatic heterocycles. The van der Waals surface area contributed by atoms with Gasteiger partial charge in [0.15, 0.2) is 11.5 Å². The largest absolute Gasteiger partial charge is 0.507 e. The number of ether oxygens (including phenoxy) is 4. The highest BCUT2D eigenvalue weighted by molar-refractivity contribution is 6.46. The Balaban J connectivity index is 1.57. The van der Waals surface area contributed by atoms with Crippen LogP contribution in [0.1, 0.15) is 36.6 Å². The summed E-state index contributed by atoms with van der Waals surface area (Å²) in [7, 11) is 1.55. The Bertz CT molecular complexity index is 1380. The molecule has 1 fully saturated rings. The number of aliphatic hydroxyl groups is 1. The first-order valence-corrected chi connectivity index (χ1v) is 11.9. The maximum Gasteiger partial charge on any atom is 0.295 e. The molecule has 8 heteroatoms. The van der Waals surface area contributed by atoms with E-state index in [1.807, 2.05) is 38.1 Å². The van der Waals surface area contributed by atoms with Crippen molar-refractivity contribution < 1.29 is 33.6 Å². The van der Waals surface area contributed by atoms with Crippen molar-refractivity contribution >= 4 is 17.4 Å². The molecule has 37 heavy (non-hydrogen) atoms. The summed E-state index contributed by atoms with van der Waals surface area (Å²) < 4.78 is 21.9. The molecule has 1 unspecified atom stereocenters. The average molecular weight is 502 g/mol. The molecule has 2 aliphatic rings. The molecule has 0 aliphatic carbocycles. The Labute approximate surface area is 214 Å². The SMILES string of the molecule is COc1cccc(C2/C(=C(/O)c3ccc4c(c3)OCO4)C(=O)C(=O)N2Cc2ccc(OC(C)C)cc2)c1. The van der Waals surface area contributed by atoms with Crippen LogP contribution in [-0.4, -0.2) is 41.7 Å². The van der Waals surface area contributed by atoms with E-state index in [0.717, 1.165) is 5.56 Å². The molecule has 0 spiro atoms. The predicted octanol–water partition coefficient (Wildman–Crippen LogP) is 4.83. The number of benzene rings is 3. The molecule has 2 heterocycles. The Morgan fingerprint density at radius 3 is 2.49 bits per heavy atom. The summed E-state index contributed by atoms with van der Waals surface area (Å²) in [5.41, 5.74) is 1.80. The number of nitrogens with zero attached hydrogens (tertiary/aromatic N) is 1. The van der Waals surface area contributed by atoms with Crippen LogP contribution in [0.15, 0.2) is 72.3 Å². The molecule has 0 radical (unpaired) electrons. The predicted molar refractivity (Wildman–Crippen MR) is 136 cm³/mol. The minimum atomic E-state index is -0.827. The molecule has 0 aromatic heterocycles. The standard InChI is InChI=1S/C29H27NO7/c1-17(2)37-21-10-7-18(8-11-21)15-30-26(19-5-4-6-22(13-19)34-3)25(28(32)29(30)33)27(31)20-9-12-23-24(14-20)36-16-35-23/h4-14,17,26,31H,15-16H2,1-3H3/b27-25-. The fraction of sp³-hybridized carbons (Fsp3) is 0.241. The zero-order chi connectivity index (χ0) is 26.1. The van der Waals surface area contributed by atoms with E-state index in [2.05, 4.69) is 0 Å². The van der Waals surface area contributed by atoms with Crippen molar-refractivity contribution in [2.75, 3.05) is 13.9 Å². The van der Waals surface area contributed by atoms with Crippen LogP contribution in [0.5, 0.6) is 23.0 Å². The number of hydrogen-bond donors (Lipinski definition) is 1. The minimum Gasteiger partial charge on any atom is -0.507 e. The van der Waals surface area contributed by atoms with E-state index in [1.165, 1.54) is 4.90 Å². The van der Waals surface area contributed by atoms with Crippen molar-refractivity contribution in [1.29, 1.82) is 0 Å². The van der Waals surface area contributed by atoms with Gasteiger partial charge in [-0.15, -0.1) is 0 Å². The Kier molecular flexibility index (Phi) is 6.48. The van der Waals surface area contributed by atoms with Crippen LogP contribution in [0.2, 0.25) is 0 Å². The van der Waals surface area contributed by atoms with Crippen molar-refractivity contribution in [1.82, 2.24) is 4.90 Å². The lowest BCUT2D eigenvalue weighted by Gasteiger charge is -2.26. The van der Waals surface area contributed by atoms with Gasteiger partial charge in [0.1, 0.15) is 17.3 Å². The average Bonchev–Trinajstić information content (AvgIpc) is 3.47. The summed E-state index contributed by atoms with van der Waals surface area (Å²) >= 11 is 0. The van der Waals surface area contributed by atoms with Crippen LogP contribution in [0.25, 0.3) is 5.76 Å². The molecule has 1 N–H and O–H groups in total. The number of methoxy groups -OCH3 is 1.